The number of ether oxygens (including phenoxy) is 1. The van der Waals surface area contributed by atoms with Crippen molar-refractivity contribution in [1.29, 1.82) is 0 Å². The number of aryl methyl sites for hydroxylation is 1. The number of nitrogens with one attached hydrogen (secondary N) is 1. The number of hydrogen-bond acceptors (Lipinski definition) is 9. The molecular formula is C22H31Cl2N7O3. The average Bonchev–Trinajstić information content (AvgIpc) is 3.30. The van der Waals surface area contributed by atoms with Crippen LogP contribution in [0.5, 0.6) is 5.75 Å². The molecule has 1 saturated carbocycles. The van der Waals surface area contributed by atoms with E-state index in [4.69, 9.17) is 20.1 Å². The number of aromatic nitrogens is 5. The molecule has 0 atom stereocenters. The van der Waals surface area contributed by atoms with Gasteiger partial charge in [0, 0.05) is 12.6 Å². The minimum Gasteiger partial charge on any atom is -0.490 e. The summed E-state index contributed by atoms with van der Waals surface area (Å²) in [6.45, 7) is 7.26. The van der Waals surface area contributed by atoms with Crippen LogP contribution in [-0.2, 0) is 6.54 Å². The zero-order chi connectivity index (χ0) is 22.7. The van der Waals surface area contributed by atoms with Crippen molar-refractivity contribution < 1.29 is 14.5 Å². The van der Waals surface area contributed by atoms with Gasteiger partial charge in [-0.15, -0.1) is 24.8 Å². The van der Waals surface area contributed by atoms with Gasteiger partial charge in [0.05, 0.1) is 12.8 Å². The first-order valence-electron chi connectivity index (χ1n) is 11.0. The van der Waals surface area contributed by atoms with Crippen LogP contribution in [-0.4, -0.2) is 54.7 Å². The quantitative estimate of drug-likeness (QED) is 0.307. The fourth-order valence-electron chi connectivity index (χ4n) is 3.53. The van der Waals surface area contributed by atoms with Crippen LogP contribution in [0.4, 0.5) is 5.82 Å². The summed E-state index contributed by atoms with van der Waals surface area (Å²) in [4.78, 5) is 9.18. The molecular weight excluding hydrogens is 481 g/mol. The molecule has 4 rings (SSSR count). The smallest absolute Gasteiger partial charge is 0.199 e. The third-order valence-electron chi connectivity index (χ3n) is 5.38. The standard InChI is InChI=1S/C22H29N7O3.2ClH/c1-4-29-19-16(31-12-6-11-24-14-7-5-8-14)13-25-15(9-10-22(2,3)30)17(19)26-21(29)18-20(23)28-32-27-18;;/h13-14,24,30H,4-8,11-12H2,1-3H3,(H2,23,28);2*1H. The SMILES string of the molecule is CCn1c(-c2nonc2N)nc2c(C#CC(C)(C)O)ncc(OCCCNC3CCC3)c21.Cl.Cl. The van der Waals surface area contributed by atoms with Gasteiger partial charge >= 0.3 is 0 Å². The molecule has 1 aliphatic rings. The highest BCUT2D eigenvalue weighted by Gasteiger charge is 2.23. The summed E-state index contributed by atoms with van der Waals surface area (Å²) in [6, 6.07) is 0.655. The molecule has 0 amide bonds. The van der Waals surface area contributed by atoms with Gasteiger partial charge in [0.15, 0.2) is 23.1 Å². The zero-order valence-electron chi connectivity index (χ0n) is 19.5. The Hall–Kier alpha value is -2.58. The van der Waals surface area contributed by atoms with Crippen molar-refractivity contribution in [2.24, 2.45) is 0 Å². The summed E-state index contributed by atoms with van der Waals surface area (Å²) in [5.41, 5.74) is 6.84. The van der Waals surface area contributed by atoms with Gasteiger partial charge < -0.3 is 25.5 Å². The van der Waals surface area contributed by atoms with Crippen molar-refractivity contribution in [2.75, 3.05) is 18.9 Å². The first-order chi connectivity index (χ1) is 15.4. The van der Waals surface area contributed by atoms with Gasteiger partial charge in [-0.25, -0.2) is 14.6 Å². The molecule has 0 bridgehead atoms. The lowest BCUT2D eigenvalue weighted by molar-refractivity contribution is 0.143. The second-order valence-corrected chi connectivity index (χ2v) is 8.44. The van der Waals surface area contributed by atoms with Crippen LogP contribution in [0.2, 0.25) is 0 Å². The Bertz CT molecular complexity index is 1160. The van der Waals surface area contributed by atoms with E-state index in [9.17, 15) is 5.11 Å². The number of fused-ring (bicyclic) bond motifs is 1. The molecule has 0 spiro atoms. The minimum atomic E-state index is -1.16. The van der Waals surface area contributed by atoms with Crippen LogP contribution in [0.1, 0.15) is 52.1 Å². The molecule has 186 valence electrons. The van der Waals surface area contributed by atoms with E-state index in [-0.39, 0.29) is 30.6 Å². The van der Waals surface area contributed by atoms with E-state index in [1.807, 2.05) is 11.5 Å². The largest absolute Gasteiger partial charge is 0.490 e. The van der Waals surface area contributed by atoms with Gasteiger partial charge in [-0.1, -0.05) is 12.3 Å². The molecule has 4 N–H and O–H groups in total. The lowest BCUT2D eigenvalue weighted by atomic mass is 9.93. The summed E-state index contributed by atoms with van der Waals surface area (Å²) in [5, 5.41) is 21.1. The van der Waals surface area contributed by atoms with E-state index >= 15 is 0 Å². The van der Waals surface area contributed by atoms with E-state index in [1.54, 1.807) is 20.0 Å². The predicted molar refractivity (Wildman–Crippen MR) is 134 cm³/mol. The van der Waals surface area contributed by atoms with Crippen molar-refractivity contribution in [2.45, 2.75) is 64.6 Å². The average molecular weight is 512 g/mol. The van der Waals surface area contributed by atoms with E-state index in [0.29, 0.717) is 47.7 Å². The molecule has 1 fully saturated rings. The second kappa shape index (κ2) is 11.7. The number of halogens is 2. The molecule has 3 aromatic heterocycles. The number of nitrogens with two attached hydrogens (primary N) is 1. The van der Waals surface area contributed by atoms with E-state index in [2.05, 4.69) is 32.5 Å². The van der Waals surface area contributed by atoms with Crippen molar-refractivity contribution in [3.05, 3.63) is 11.9 Å². The third kappa shape index (κ3) is 6.10. The van der Waals surface area contributed by atoms with Gasteiger partial charge in [0.25, 0.3) is 0 Å². The van der Waals surface area contributed by atoms with Crippen molar-refractivity contribution in [3.63, 3.8) is 0 Å². The fraction of sp³-hybridized carbons (Fsp3) is 0.545. The van der Waals surface area contributed by atoms with Gasteiger partial charge in [0.2, 0.25) is 0 Å². The van der Waals surface area contributed by atoms with Crippen LogP contribution in [0, 0.1) is 11.8 Å². The van der Waals surface area contributed by atoms with Gasteiger partial charge in [-0.3, -0.25) is 0 Å². The molecule has 3 aromatic rings. The summed E-state index contributed by atoms with van der Waals surface area (Å²) in [5.74, 6) is 6.99. The van der Waals surface area contributed by atoms with Crippen LogP contribution in [0.25, 0.3) is 22.6 Å². The Morgan fingerprint density at radius 1 is 1.32 bits per heavy atom. The van der Waals surface area contributed by atoms with Gasteiger partial charge in [-0.05, 0) is 62.8 Å². The lowest BCUT2D eigenvalue weighted by Gasteiger charge is -2.26. The fourth-order valence-corrected chi connectivity index (χ4v) is 3.53. The second-order valence-electron chi connectivity index (χ2n) is 8.44. The number of rotatable bonds is 8. The number of hydrogen-bond donors (Lipinski definition) is 3. The maximum absolute atomic E-state index is 10.0. The van der Waals surface area contributed by atoms with Crippen molar-refractivity contribution in [1.82, 2.24) is 30.2 Å². The molecule has 12 heteroatoms. The molecule has 10 nitrogen and oxygen atoms in total. The first-order valence-corrected chi connectivity index (χ1v) is 11.0. The van der Waals surface area contributed by atoms with E-state index < -0.39 is 5.60 Å². The van der Waals surface area contributed by atoms with Crippen LogP contribution in [0.3, 0.4) is 0 Å². The van der Waals surface area contributed by atoms with Crippen LogP contribution >= 0.6 is 24.8 Å². The first kappa shape index (κ1) is 27.7. The summed E-state index contributed by atoms with van der Waals surface area (Å²) >= 11 is 0. The Balaban J connectivity index is 0.00000204. The Labute approximate surface area is 210 Å². The van der Waals surface area contributed by atoms with Crippen LogP contribution in [0.15, 0.2) is 10.8 Å². The zero-order valence-corrected chi connectivity index (χ0v) is 21.1. The molecule has 0 aliphatic heterocycles. The third-order valence-corrected chi connectivity index (χ3v) is 5.38. The number of aliphatic hydroxyl groups is 1. The van der Waals surface area contributed by atoms with E-state index in [1.165, 1.54) is 19.3 Å². The molecule has 1 aliphatic carbocycles. The molecule has 0 radical (unpaired) electrons. The van der Waals surface area contributed by atoms with Gasteiger partial charge in [-0.2, -0.15) is 0 Å². The number of nitrogen functional groups attached to an aromatic ring is 1. The molecule has 0 saturated heterocycles. The topological polar surface area (TPSA) is 137 Å². The highest BCUT2D eigenvalue weighted by molar-refractivity contribution is 5.89. The monoisotopic (exact) mass is 511 g/mol. The normalized spacial score (nSPS) is 13.4. The van der Waals surface area contributed by atoms with Crippen LogP contribution < -0.4 is 15.8 Å². The lowest BCUT2D eigenvalue weighted by Crippen LogP contribution is -2.36. The minimum absolute atomic E-state index is 0. The summed E-state index contributed by atoms with van der Waals surface area (Å²) in [7, 11) is 0. The Kier molecular flexibility index (Phi) is 9.53. The molecule has 3 heterocycles. The Morgan fingerprint density at radius 2 is 2.09 bits per heavy atom. The number of imidazole rings is 1. The van der Waals surface area contributed by atoms with Crippen molar-refractivity contribution in [3.8, 4) is 29.1 Å². The maximum atomic E-state index is 10.0. The van der Waals surface area contributed by atoms with Crippen molar-refractivity contribution >= 4 is 41.7 Å². The maximum Gasteiger partial charge on any atom is 0.199 e. The molecule has 0 aromatic carbocycles. The highest BCUT2D eigenvalue weighted by atomic mass is 35.5. The van der Waals surface area contributed by atoms with E-state index in [0.717, 1.165) is 18.5 Å². The summed E-state index contributed by atoms with van der Waals surface area (Å²) in [6.07, 6.45) is 6.37. The summed E-state index contributed by atoms with van der Waals surface area (Å²) < 4.78 is 12.8. The molecule has 34 heavy (non-hydrogen) atoms. The number of anilines is 1. The predicted octanol–water partition coefficient (Wildman–Crippen LogP) is 2.96. The number of nitrogens with zero attached hydrogens (tertiary/aromatic N) is 5. The Morgan fingerprint density at radius 3 is 2.68 bits per heavy atom. The highest BCUT2D eigenvalue weighted by Crippen LogP contribution is 2.33. The number of pyridine rings is 1. The molecule has 0 unspecified atom stereocenters. The van der Waals surface area contributed by atoms with Gasteiger partial charge in [0.1, 0.15) is 22.3 Å².